The van der Waals surface area contributed by atoms with Crippen molar-refractivity contribution in [3.05, 3.63) is 45.5 Å². The Morgan fingerprint density at radius 2 is 2.06 bits per heavy atom. The maximum absolute atomic E-state index is 12.0. The number of carbonyl (C=O) groups is 1. The Morgan fingerprint density at radius 3 is 2.71 bits per heavy atom. The van der Waals surface area contributed by atoms with Crippen molar-refractivity contribution < 1.29 is 9.53 Å². The molecule has 0 aromatic carbocycles. The van der Waals surface area contributed by atoms with Crippen molar-refractivity contribution >= 4 is 11.6 Å². The SMILES string of the molecule is COC(=O)c1ccc2nc(C)c(C)c(=O)n2c1. The number of pyridine rings is 1. The lowest BCUT2D eigenvalue weighted by atomic mass is 10.2. The minimum absolute atomic E-state index is 0.168. The third kappa shape index (κ3) is 1.80. The van der Waals surface area contributed by atoms with Crippen LogP contribution >= 0.6 is 0 Å². The van der Waals surface area contributed by atoms with Gasteiger partial charge in [0.15, 0.2) is 0 Å². The lowest BCUT2D eigenvalue weighted by molar-refractivity contribution is 0.0600. The van der Waals surface area contributed by atoms with Crippen LogP contribution in [0.1, 0.15) is 21.6 Å². The van der Waals surface area contributed by atoms with E-state index in [1.165, 1.54) is 17.7 Å². The van der Waals surface area contributed by atoms with Crippen LogP contribution in [0.5, 0.6) is 0 Å². The van der Waals surface area contributed by atoms with E-state index in [-0.39, 0.29) is 5.56 Å². The van der Waals surface area contributed by atoms with Crippen LogP contribution in [-0.4, -0.2) is 22.5 Å². The molecule has 0 aliphatic carbocycles. The lowest BCUT2D eigenvalue weighted by Crippen LogP contribution is -2.20. The Bertz CT molecular complexity index is 659. The number of fused-ring (bicyclic) bond motifs is 1. The van der Waals surface area contributed by atoms with Gasteiger partial charge in [0, 0.05) is 17.5 Å². The Labute approximate surface area is 97.7 Å². The lowest BCUT2D eigenvalue weighted by Gasteiger charge is -2.06. The van der Waals surface area contributed by atoms with Gasteiger partial charge in [-0.25, -0.2) is 9.78 Å². The predicted octanol–water partition coefficient (Wildman–Crippen LogP) is 1.10. The Balaban J connectivity index is 2.78. The highest BCUT2D eigenvalue weighted by molar-refractivity contribution is 5.89. The summed E-state index contributed by atoms with van der Waals surface area (Å²) < 4.78 is 5.96. The smallest absolute Gasteiger partial charge is 0.339 e. The van der Waals surface area contributed by atoms with Crippen molar-refractivity contribution in [2.24, 2.45) is 0 Å². The number of hydrogen-bond acceptors (Lipinski definition) is 4. The van der Waals surface area contributed by atoms with Crippen LogP contribution in [0.3, 0.4) is 0 Å². The van der Waals surface area contributed by atoms with Gasteiger partial charge < -0.3 is 4.74 Å². The molecule has 0 bridgehead atoms. The minimum Gasteiger partial charge on any atom is -0.465 e. The van der Waals surface area contributed by atoms with Gasteiger partial charge in [-0.1, -0.05) is 0 Å². The molecule has 0 atom stereocenters. The van der Waals surface area contributed by atoms with Crippen LogP contribution < -0.4 is 5.56 Å². The highest BCUT2D eigenvalue weighted by atomic mass is 16.5. The number of carbonyl (C=O) groups excluding carboxylic acids is 1. The zero-order chi connectivity index (χ0) is 12.6. The number of rotatable bonds is 1. The minimum atomic E-state index is -0.475. The molecule has 0 radical (unpaired) electrons. The van der Waals surface area contributed by atoms with Crippen LogP contribution in [0.4, 0.5) is 0 Å². The molecular weight excluding hydrogens is 220 g/mol. The molecule has 0 amide bonds. The molecular formula is C12H12N2O3. The molecule has 2 rings (SSSR count). The molecule has 0 N–H and O–H groups in total. The highest BCUT2D eigenvalue weighted by Crippen LogP contribution is 2.06. The topological polar surface area (TPSA) is 60.7 Å². The fourth-order valence-corrected chi connectivity index (χ4v) is 1.58. The molecule has 5 nitrogen and oxygen atoms in total. The zero-order valence-corrected chi connectivity index (χ0v) is 9.85. The van der Waals surface area contributed by atoms with Gasteiger partial charge in [0.1, 0.15) is 5.65 Å². The summed E-state index contributed by atoms with van der Waals surface area (Å²) in [5.41, 5.74) is 1.95. The molecule has 5 heteroatoms. The average molecular weight is 232 g/mol. The normalized spacial score (nSPS) is 10.5. The number of hydrogen-bond donors (Lipinski definition) is 0. The molecule has 0 spiro atoms. The van der Waals surface area contributed by atoms with Gasteiger partial charge >= 0.3 is 5.97 Å². The summed E-state index contributed by atoms with van der Waals surface area (Å²) in [4.78, 5) is 27.6. The second-order valence-electron chi connectivity index (χ2n) is 3.76. The summed E-state index contributed by atoms with van der Waals surface area (Å²) in [6.07, 6.45) is 1.45. The molecule has 2 heterocycles. The first-order valence-corrected chi connectivity index (χ1v) is 5.12. The Hall–Kier alpha value is -2.17. The number of ether oxygens (including phenoxy) is 1. The first kappa shape index (κ1) is 11.3. The van der Waals surface area contributed by atoms with Gasteiger partial charge in [0.2, 0.25) is 0 Å². The summed E-state index contributed by atoms with van der Waals surface area (Å²) in [5.74, 6) is -0.475. The molecule has 0 aliphatic rings. The number of esters is 1. The maximum Gasteiger partial charge on any atom is 0.339 e. The third-order valence-corrected chi connectivity index (χ3v) is 2.71. The average Bonchev–Trinajstić information content (AvgIpc) is 2.35. The molecule has 0 aliphatic heterocycles. The van der Waals surface area contributed by atoms with Crippen molar-refractivity contribution in [1.29, 1.82) is 0 Å². The van der Waals surface area contributed by atoms with E-state index in [9.17, 15) is 9.59 Å². The summed E-state index contributed by atoms with van der Waals surface area (Å²) in [7, 11) is 1.30. The van der Waals surface area contributed by atoms with E-state index < -0.39 is 5.97 Å². The number of aromatic nitrogens is 2. The molecule has 0 saturated carbocycles. The fraction of sp³-hybridized carbons (Fsp3) is 0.250. The molecule has 2 aromatic rings. The number of methoxy groups -OCH3 is 1. The highest BCUT2D eigenvalue weighted by Gasteiger charge is 2.09. The van der Waals surface area contributed by atoms with Gasteiger partial charge in [0.25, 0.3) is 5.56 Å². The van der Waals surface area contributed by atoms with E-state index in [4.69, 9.17) is 0 Å². The van der Waals surface area contributed by atoms with Gasteiger partial charge in [-0.3, -0.25) is 9.20 Å². The van der Waals surface area contributed by atoms with E-state index in [0.29, 0.717) is 22.5 Å². The summed E-state index contributed by atoms with van der Waals surface area (Å²) in [5, 5.41) is 0. The second kappa shape index (κ2) is 4.01. The van der Waals surface area contributed by atoms with Crippen LogP contribution in [0, 0.1) is 13.8 Å². The first-order chi connectivity index (χ1) is 8.04. The Kier molecular flexibility index (Phi) is 2.67. The van der Waals surface area contributed by atoms with E-state index in [1.54, 1.807) is 26.0 Å². The number of aryl methyl sites for hydroxylation is 1. The van der Waals surface area contributed by atoms with Crippen molar-refractivity contribution in [2.45, 2.75) is 13.8 Å². The van der Waals surface area contributed by atoms with Crippen LogP contribution in [0.2, 0.25) is 0 Å². The molecule has 17 heavy (non-hydrogen) atoms. The van der Waals surface area contributed by atoms with Crippen molar-refractivity contribution in [3.63, 3.8) is 0 Å². The molecule has 0 fully saturated rings. The van der Waals surface area contributed by atoms with Crippen molar-refractivity contribution in [1.82, 2.24) is 9.38 Å². The second-order valence-corrected chi connectivity index (χ2v) is 3.76. The van der Waals surface area contributed by atoms with Crippen LogP contribution in [0.25, 0.3) is 5.65 Å². The van der Waals surface area contributed by atoms with Gasteiger partial charge in [-0.2, -0.15) is 0 Å². The number of nitrogens with zero attached hydrogens (tertiary/aromatic N) is 2. The standard InChI is InChI=1S/C12H12N2O3/c1-7-8(2)13-10-5-4-9(12(16)17-3)6-14(10)11(7)15/h4-6H,1-3H3. The van der Waals surface area contributed by atoms with E-state index in [0.717, 1.165) is 0 Å². The fourth-order valence-electron chi connectivity index (χ4n) is 1.58. The summed E-state index contributed by atoms with van der Waals surface area (Å²) in [6, 6.07) is 3.21. The molecule has 88 valence electrons. The molecule has 2 aromatic heterocycles. The van der Waals surface area contributed by atoms with Crippen molar-refractivity contribution in [3.8, 4) is 0 Å². The van der Waals surface area contributed by atoms with Crippen LogP contribution in [-0.2, 0) is 4.74 Å². The van der Waals surface area contributed by atoms with Gasteiger partial charge in [-0.15, -0.1) is 0 Å². The van der Waals surface area contributed by atoms with Crippen molar-refractivity contribution in [2.75, 3.05) is 7.11 Å². The van der Waals surface area contributed by atoms with E-state index in [2.05, 4.69) is 9.72 Å². The monoisotopic (exact) mass is 232 g/mol. The largest absolute Gasteiger partial charge is 0.465 e. The maximum atomic E-state index is 12.0. The quantitative estimate of drug-likeness (QED) is 0.691. The molecule has 0 unspecified atom stereocenters. The predicted molar refractivity (Wildman–Crippen MR) is 62.3 cm³/mol. The van der Waals surface area contributed by atoms with E-state index in [1.807, 2.05) is 0 Å². The van der Waals surface area contributed by atoms with E-state index >= 15 is 0 Å². The molecule has 0 saturated heterocycles. The van der Waals surface area contributed by atoms with Gasteiger partial charge in [0.05, 0.1) is 12.7 Å². The Morgan fingerprint density at radius 1 is 1.35 bits per heavy atom. The summed E-state index contributed by atoms with van der Waals surface area (Å²) >= 11 is 0. The zero-order valence-electron chi connectivity index (χ0n) is 9.85. The third-order valence-electron chi connectivity index (χ3n) is 2.71. The first-order valence-electron chi connectivity index (χ1n) is 5.12. The van der Waals surface area contributed by atoms with Gasteiger partial charge in [-0.05, 0) is 26.0 Å². The summed E-state index contributed by atoms with van der Waals surface area (Å²) in [6.45, 7) is 3.49. The van der Waals surface area contributed by atoms with Crippen LogP contribution in [0.15, 0.2) is 23.1 Å².